The van der Waals surface area contributed by atoms with Crippen LogP contribution in [-0.2, 0) is 9.53 Å². The molecule has 0 aromatic heterocycles. The minimum absolute atomic E-state index is 0.00564. The number of halogens is 3. The Bertz CT molecular complexity index is 872. The van der Waals surface area contributed by atoms with Crippen LogP contribution in [-0.4, -0.2) is 31.3 Å². The zero-order chi connectivity index (χ0) is 22.7. The maximum absolute atomic E-state index is 12.2. The van der Waals surface area contributed by atoms with Crippen molar-refractivity contribution in [1.82, 2.24) is 0 Å². The van der Waals surface area contributed by atoms with E-state index in [1.165, 1.54) is 30.3 Å². The summed E-state index contributed by atoms with van der Waals surface area (Å²) in [5.74, 6) is -0.814. The number of ether oxygens (including phenoxy) is 3. The number of carbonyl (C=O) groups excluding carboxylic acids is 2. The number of esters is 2. The van der Waals surface area contributed by atoms with Crippen LogP contribution in [0.4, 0.5) is 13.2 Å². The standard InChI is InChI=1S/C23H23F3O5/c1-2-3-4-15-29-21(27)14-7-17-5-10-20(11-6-17)31-22(28)18-8-12-19(13-9-18)30-16-23(24,25)26/h5-14H,2-4,15-16H2,1H3. The summed E-state index contributed by atoms with van der Waals surface area (Å²) in [5.41, 5.74) is 0.880. The van der Waals surface area contributed by atoms with Gasteiger partial charge in [0, 0.05) is 6.08 Å². The first-order valence-electron chi connectivity index (χ1n) is 9.73. The maximum atomic E-state index is 12.2. The van der Waals surface area contributed by atoms with E-state index in [1.54, 1.807) is 30.3 Å². The van der Waals surface area contributed by atoms with Gasteiger partial charge in [-0.25, -0.2) is 9.59 Å². The molecular formula is C23H23F3O5. The smallest absolute Gasteiger partial charge is 0.422 e. The fraction of sp³-hybridized carbons (Fsp3) is 0.304. The second kappa shape index (κ2) is 11.8. The molecule has 2 rings (SSSR count). The van der Waals surface area contributed by atoms with Crippen molar-refractivity contribution in [2.45, 2.75) is 32.4 Å². The normalized spacial score (nSPS) is 11.4. The molecule has 2 aromatic carbocycles. The summed E-state index contributed by atoms with van der Waals surface area (Å²) in [6.45, 7) is 1.05. The van der Waals surface area contributed by atoms with Crippen LogP contribution in [0, 0.1) is 0 Å². The van der Waals surface area contributed by atoms with Gasteiger partial charge < -0.3 is 14.2 Å². The molecule has 0 radical (unpaired) electrons. The summed E-state index contributed by atoms with van der Waals surface area (Å²) < 4.78 is 51.4. The van der Waals surface area contributed by atoms with Crippen LogP contribution in [0.25, 0.3) is 6.08 Å². The summed E-state index contributed by atoms with van der Waals surface area (Å²) in [6.07, 6.45) is 1.37. The Morgan fingerprint density at radius 2 is 1.58 bits per heavy atom. The highest BCUT2D eigenvalue weighted by Crippen LogP contribution is 2.20. The quantitative estimate of drug-likeness (QED) is 0.210. The van der Waals surface area contributed by atoms with Gasteiger partial charge in [-0.3, -0.25) is 0 Å². The maximum Gasteiger partial charge on any atom is 0.422 e. The Labute approximate surface area is 178 Å². The fourth-order valence-electron chi connectivity index (χ4n) is 2.40. The summed E-state index contributed by atoms with van der Waals surface area (Å²) in [6, 6.07) is 11.6. The largest absolute Gasteiger partial charge is 0.484 e. The molecule has 0 spiro atoms. The van der Waals surface area contributed by atoms with Gasteiger partial charge in [0.1, 0.15) is 11.5 Å². The molecule has 0 atom stereocenters. The molecule has 31 heavy (non-hydrogen) atoms. The van der Waals surface area contributed by atoms with Gasteiger partial charge in [-0.15, -0.1) is 0 Å². The molecule has 5 nitrogen and oxygen atoms in total. The topological polar surface area (TPSA) is 61.8 Å². The number of hydrogen-bond donors (Lipinski definition) is 0. The number of hydrogen-bond acceptors (Lipinski definition) is 5. The molecule has 0 saturated heterocycles. The molecule has 0 unspecified atom stereocenters. The molecule has 0 aliphatic rings. The second-order valence-corrected chi connectivity index (χ2v) is 6.59. The minimum Gasteiger partial charge on any atom is -0.484 e. The van der Waals surface area contributed by atoms with E-state index in [4.69, 9.17) is 9.47 Å². The van der Waals surface area contributed by atoms with Crippen LogP contribution < -0.4 is 9.47 Å². The molecule has 0 amide bonds. The monoisotopic (exact) mass is 436 g/mol. The van der Waals surface area contributed by atoms with E-state index in [-0.39, 0.29) is 17.1 Å². The molecule has 8 heteroatoms. The number of rotatable bonds is 10. The van der Waals surface area contributed by atoms with E-state index in [9.17, 15) is 22.8 Å². The van der Waals surface area contributed by atoms with Crippen LogP contribution in [0.2, 0.25) is 0 Å². The lowest BCUT2D eigenvalue weighted by molar-refractivity contribution is -0.153. The molecular weight excluding hydrogens is 413 g/mol. The van der Waals surface area contributed by atoms with Gasteiger partial charge in [0.25, 0.3) is 0 Å². The number of alkyl halides is 3. The summed E-state index contributed by atoms with van der Waals surface area (Å²) in [5, 5.41) is 0. The van der Waals surface area contributed by atoms with Gasteiger partial charge in [0.05, 0.1) is 12.2 Å². The molecule has 0 fully saturated rings. The van der Waals surface area contributed by atoms with Gasteiger partial charge in [-0.05, 0) is 54.5 Å². The van der Waals surface area contributed by atoms with Crippen LogP contribution >= 0.6 is 0 Å². The third-order valence-electron chi connectivity index (χ3n) is 3.99. The highest BCUT2D eigenvalue weighted by atomic mass is 19.4. The predicted octanol–water partition coefficient (Wildman–Crippen LogP) is 5.59. The van der Waals surface area contributed by atoms with Crippen LogP contribution in [0.15, 0.2) is 54.6 Å². The molecule has 0 saturated carbocycles. The number of carbonyl (C=O) groups is 2. The molecule has 166 valence electrons. The molecule has 0 N–H and O–H groups in total. The zero-order valence-electron chi connectivity index (χ0n) is 17.0. The van der Waals surface area contributed by atoms with Crippen molar-refractivity contribution < 1.29 is 37.0 Å². The molecule has 0 heterocycles. The Balaban J connectivity index is 1.84. The van der Waals surface area contributed by atoms with Crippen molar-refractivity contribution in [2.75, 3.05) is 13.2 Å². The van der Waals surface area contributed by atoms with Gasteiger partial charge in [-0.2, -0.15) is 13.2 Å². The van der Waals surface area contributed by atoms with Crippen molar-refractivity contribution >= 4 is 18.0 Å². The first-order valence-corrected chi connectivity index (χ1v) is 9.73. The Morgan fingerprint density at radius 3 is 2.19 bits per heavy atom. The van der Waals surface area contributed by atoms with Gasteiger partial charge in [0.2, 0.25) is 0 Å². The Kier molecular flexibility index (Phi) is 9.12. The zero-order valence-corrected chi connectivity index (χ0v) is 17.0. The molecule has 0 aliphatic heterocycles. The second-order valence-electron chi connectivity index (χ2n) is 6.59. The Hall–Kier alpha value is -3.29. The third kappa shape index (κ3) is 9.37. The van der Waals surface area contributed by atoms with Gasteiger partial charge in [0.15, 0.2) is 6.61 Å². The van der Waals surface area contributed by atoms with Crippen molar-refractivity contribution in [3.05, 3.63) is 65.7 Å². The minimum atomic E-state index is -4.44. The van der Waals surface area contributed by atoms with Crippen molar-refractivity contribution in [3.8, 4) is 11.5 Å². The highest BCUT2D eigenvalue weighted by Gasteiger charge is 2.28. The van der Waals surface area contributed by atoms with E-state index in [1.807, 2.05) is 0 Å². The lowest BCUT2D eigenvalue weighted by atomic mass is 10.2. The van der Waals surface area contributed by atoms with Gasteiger partial charge >= 0.3 is 18.1 Å². The Morgan fingerprint density at radius 1 is 0.935 bits per heavy atom. The van der Waals surface area contributed by atoms with E-state index >= 15 is 0 Å². The highest BCUT2D eigenvalue weighted by molar-refractivity contribution is 5.91. The van der Waals surface area contributed by atoms with Crippen molar-refractivity contribution in [1.29, 1.82) is 0 Å². The molecule has 2 aromatic rings. The number of benzene rings is 2. The van der Waals surface area contributed by atoms with E-state index in [0.29, 0.717) is 6.61 Å². The lowest BCUT2D eigenvalue weighted by Gasteiger charge is -2.09. The van der Waals surface area contributed by atoms with Crippen LogP contribution in [0.5, 0.6) is 11.5 Å². The lowest BCUT2D eigenvalue weighted by Crippen LogP contribution is -2.19. The van der Waals surface area contributed by atoms with Gasteiger partial charge in [-0.1, -0.05) is 31.9 Å². The van der Waals surface area contributed by atoms with E-state index in [2.05, 4.69) is 11.7 Å². The van der Waals surface area contributed by atoms with Crippen molar-refractivity contribution in [3.63, 3.8) is 0 Å². The van der Waals surface area contributed by atoms with Crippen LogP contribution in [0.3, 0.4) is 0 Å². The average molecular weight is 436 g/mol. The summed E-state index contributed by atoms with van der Waals surface area (Å²) in [7, 11) is 0. The molecule has 0 bridgehead atoms. The van der Waals surface area contributed by atoms with Crippen molar-refractivity contribution in [2.24, 2.45) is 0 Å². The number of unbranched alkanes of at least 4 members (excludes halogenated alkanes) is 2. The summed E-state index contributed by atoms with van der Waals surface area (Å²) in [4.78, 5) is 23.8. The first-order chi connectivity index (χ1) is 14.8. The predicted molar refractivity (Wildman–Crippen MR) is 109 cm³/mol. The van der Waals surface area contributed by atoms with E-state index < -0.39 is 24.7 Å². The van der Waals surface area contributed by atoms with E-state index in [0.717, 1.165) is 24.8 Å². The third-order valence-corrected chi connectivity index (χ3v) is 3.99. The SMILES string of the molecule is CCCCCOC(=O)C=Cc1ccc(OC(=O)c2ccc(OCC(F)(F)F)cc2)cc1. The molecule has 0 aliphatic carbocycles. The fourth-order valence-corrected chi connectivity index (χ4v) is 2.40. The van der Waals surface area contributed by atoms with Crippen LogP contribution in [0.1, 0.15) is 42.1 Å². The summed E-state index contributed by atoms with van der Waals surface area (Å²) >= 11 is 0. The average Bonchev–Trinajstić information content (AvgIpc) is 2.74. The first kappa shape index (κ1) is 24.0.